The number of nitriles is 2. The Kier molecular flexibility index (Phi) is 7.53. The summed E-state index contributed by atoms with van der Waals surface area (Å²) < 4.78 is 6.85. The van der Waals surface area contributed by atoms with Gasteiger partial charge < -0.3 is 9.73 Å². The number of allylic oxidation sites excluding steroid dienone is 2. The Bertz CT molecular complexity index is 2890. The van der Waals surface area contributed by atoms with Crippen LogP contribution in [0, 0.1) is 22.7 Å². The van der Waals surface area contributed by atoms with Crippen LogP contribution in [0.2, 0.25) is 0 Å². The van der Waals surface area contributed by atoms with Crippen molar-refractivity contribution >= 4 is 49.1 Å². The van der Waals surface area contributed by atoms with E-state index < -0.39 is 6.04 Å². The lowest BCUT2D eigenvalue weighted by molar-refractivity contribution is 0.669. The van der Waals surface area contributed by atoms with Crippen LogP contribution in [0.15, 0.2) is 132 Å². The summed E-state index contributed by atoms with van der Waals surface area (Å²) in [7, 11) is 0. The lowest BCUT2D eigenvalue weighted by Crippen LogP contribution is -2.22. The highest BCUT2D eigenvalue weighted by molar-refractivity contribution is 6.29. The molecule has 4 aromatic carbocycles. The Balaban J connectivity index is 1.28. The van der Waals surface area contributed by atoms with Crippen LogP contribution in [-0.4, -0.2) is 21.0 Å². The molecule has 1 atom stereocenters. The van der Waals surface area contributed by atoms with Crippen molar-refractivity contribution in [3.63, 3.8) is 0 Å². The van der Waals surface area contributed by atoms with E-state index >= 15 is 0 Å². The molecule has 0 aliphatic carbocycles. The van der Waals surface area contributed by atoms with Crippen LogP contribution in [0.25, 0.3) is 82.8 Å². The molecule has 1 unspecified atom stereocenters. The lowest BCUT2D eigenvalue weighted by atomic mass is 9.92. The molecule has 1 aliphatic heterocycles. The number of nitrogens with one attached hydrogen (secondary N) is 1. The van der Waals surface area contributed by atoms with E-state index in [9.17, 15) is 10.5 Å². The fourth-order valence-electron chi connectivity index (χ4n) is 7.37. The third-order valence-electron chi connectivity index (χ3n) is 9.72. The standard InChI is InChI=1S/C45H30N6O/c1-2-7-27-14-15-33-36(41-13-6-11-39(51-41)29-17-19-49-31(22-29)26-47)24-43-45(37(33)20-27)44-34-9-4-3-8-32(34)35(23-42(44)52-43)40-12-5-10-38(50-40)28-16-18-48-30(21-28)25-46/h3-6,8-24,30,48H,2,7H2,1H3. The highest BCUT2D eigenvalue weighted by atomic mass is 16.3. The summed E-state index contributed by atoms with van der Waals surface area (Å²) in [5.74, 6) is 0. The number of pyridine rings is 3. The average Bonchev–Trinajstić information content (AvgIpc) is 3.59. The summed E-state index contributed by atoms with van der Waals surface area (Å²) in [6.45, 7) is 2.20. The topological polar surface area (TPSA) is 111 Å². The van der Waals surface area contributed by atoms with Gasteiger partial charge in [0, 0.05) is 39.2 Å². The van der Waals surface area contributed by atoms with Gasteiger partial charge in [-0.3, -0.25) is 0 Å². The molecule has 0 bridgehead atoms. The summed E-state index contributed by atoms with van der Waals surface area (Å²) in [5, 5.41) is 28.5. The van der Waals surface area contributed by atoms with Crippen LogP contribution in [0.3, 0.4) is 0 Å². The van der Waals surface area contributed by atoms with Crippen LogP contribution in [0.5, 0.6) is 0 Å². The van der Waals surface area contributed by atoms with E-state index in [1.807, 2.05) is 54.6 Å². The van der Waals surface area contributed by atoms with Gasteiger partial charge in [0.2, 0.25) is 0 Å². The molecule has 0 fully saturated rings. The molecule has 5 heterocycles. The van der Waals surface area contributed by atoms with Gasteiger partial charge in [0.25, 0.3) is 0 Å². The average molecular weight is 671 g/mol. The predicted molar refractivity (Wildman–Crippen MR) is 207 cm³/mol. The van der Waals surface area contributed by atoms with Gasteiger partial charge in [0.15, 0.2) is 0 Å². The number of nitrogens with zero attached hydrogens (tertiary/aromatic N) is 5. The van der Waals surface area contributed by atoms with E-state index in [-0.39, 0.29) is 0 Å². The number of furan rings is 1. The number of rotatable bonds is 6. The van der Waals surface area contributed by atoms with Crippen molar-refractivity contribution in [1.29, 1.82) is 10.5 Å². The summed E-state index contributed by atoms with van der Waals surface area (Å²) in [5.41, 5.74) is 10.1. The largest absolute Gasteiger partial charge is 0.456 e. The van der Waals surface area contributed by atoms with Crippen molar-refractivity contribution in [3.05, 3.63) is 145 Å². The summed E-state index contributed by atoms with van der Waals surface area (Å²) in [6, 6.07) is 39.1. The molecule has 4 aromatic heterocycles. The van der Waals surface area contributed by atoms with Crippen molar-refractivity contribution in [1.82, 2.24) is 20.3 Å². The normalized spacial score (nSPS) is 14.0. The minimum absolute atomic E-state index is 0.351. The molecule has 0 saturated heterocycles. The molecule has 1 aliphatic rings. The first kappa shape index (κ1) is 30.9. The van der Waals surface area contributed by atoms with Gasteiger partial charge in [-0.05, 0) is 100 Å². The molecule has 0 radical (unpaired) electrons. The fourth-order valence-corrected chi connectivity index (χ4v) is 7.37. The van der Waals surface area contributed by atoms with E-state index in [1.165, 1.54) is 5.56 Å². The number of aromatic nitrogens is 3. The number of benzene rings is 4. The molecule has 7 heteroatoms. The minimum atomic E-state index is -0.402. The molecule has 0 spiro atoms. The van der Waals surface area contributed by atoms with Crippen LogP contribution in [-0.2, 0) is 6.42 Å². The Hall–Kier alpha value is -7.09. The van der Waals surface area contributed by atoms with Crippen LogP contribution < -0.4 is 5.32 Å². The zero-order valence-electron chi connectivity index (χ0n) is 28.3. The molecular formula is C45H30N6O. The maximum absolute atomic E-state index is 9.50. The zero-order chi connectivity index (χ0) is 35.2. The number of hydrogen-bond acceptors (Lipinski definition) is 7. The molecule has 52 heavy (non-hydrogen) atoms. The molecule has 9 rings (SSSR count). The van der Waals surface area contributed by atoms with Crippen molar-refractivity contribution in [2.24, 2.45) is 0 Å². The van der Waals surface area contributed by atoms with Crippen molar-refractivity contribution in [2.45, 2.75) is 25.8 Å². The molecule has 0 saturated carbocycles. The first-order valence-electron chi connectivity index (χ1n) is 17.3. The Morgan fingerprint density at radius 3 is 2.15 bits per heavy atom. The molecule has 246 valence electrons. The predicted octanol–water partition coefficient (Wildman–Crippen LogP) is 10.3. The second kappa shape index (κ2) is 12.7. The number of fused-ring (bicyclic) bond motifs is 7. The van der Waals surface area contributed by atoms with E-state index in [0.29, 0.717) is 5.69 Å². The van der Waals surface area contributed by atoms with Gasteiger partial charge in [-0.1, -0.05) is 67.9 Å². The van der Waals surface area contributed by atoms with Crippen molar-refractivity contribution in [2.75, 3.05) is 0 Å². The molecule has 0 amide bonds. The number of dihydropyridines is 1. The highest BCUT2D eigenvalue weighted by Gasteiger charge is 2.21. The maximum Gasteiger partial charge on any atom is 0.141 e. The highest BCUT2D eigenvalue weighted by Crippen LogP contribution is 2.45. The Morgan fingerprint density at radius 2 is 1.40 bits per heavy atom. The van der Waals surface area contributed by atoms with Crippen LogP contribution >= 0.6 is 0 Å². The maximum atomic E-state index is 9.50. The quantitative estimate of drug-likeness (QED) is 0.187. The van der Waals surface area contributed by atoms with Gasteiger partial charge in [-0.25, -0.2) is 15.0 Å². The smallest absolute Gasteiger partial charge is 0.141 e. The molecule has 7 nitrogen and oxygen atoms in total. The van der Waals surface area contributed by atoms with E-state index in [0.717, 1.165) is 101 Å². The van der Waals surface area contributed by atoms with E-state index in [2.05, 4.69) is 84.0 Å². The van der Waals surface area contributed by atoms with Crippen molar-refractivity contribution in [3.8, 4) is 45.9 Å². The zero-order valence-corrected chi connectivity index (χ0v) is 28.3. The molecule has 8 aromatic rings. The Morgan fingerprint density at radius 1 is 0.712 bits per heavy atom. The number of aryl methyl sites for hydroxylation is 1. The summed E-state index contributed by atoms with van der Waals surface area (Å²) >= 11 is 0. The second-order valence-corrected chi connectivity index (χ2v) is 13.0. The summed E-state index contributed by atoms with van der Waals surface area (Å²) in [6.07, 6.45) is 9.29. The first-order valence-corrected chi connectivity index (χ1v) is 17.3. The monoisotopic (exact) mass is 670 g/mol. The first-order chi connectivity index (χ1) is 25.6. The van der Waals surface area contributed by atoms with E-state index in [4.69, 9.17) is 14.4 Å². The lowest BCUT2D eigenvalue weighted by Gasteiger charge is -2.14. The van der Waals surface area contributed by atoms with Gasteiger partial charge in [0.1, 0.15) is 29.0 Å². The second-order valence-electron chi connectivity index (χ2n) is 13.0. The third-order valence-corrected chi connectivity index (χ3v) is 9.72. The van der Waals surface area contributed by atoms with Crippen LogP contribution in [0.1, 0.15) is 30.3 Å². The van der Waals surface area contributed by atoms with Gasteiger partial charge in [0.05, 0.1) is 28.8 Å². The van der Waals surface area contributed by atoms with Crippen LogP contribution in [0.4, 0.5) is 0 Å². The van der Waals surface area contributed by atoms with Gasteiger partial charge >= 0.3 is 0 Å². The summed E-state index contributed by atoms with van der Waals surface area (Å²) in [4.78, 5) is 14.3. The SMILES string of the molecule is CCCc1ccc2c(-c3cccc(-c4ccnc(C#N)c4)n3)cc3oc4cc(-c5cccc(C6=CC(C#N)NC=C6)n5)c5ccccc5c4c3c2c1. The van der Waals surface area contributed by atoms with Gasteiger partial charge in [-0.15, -0.1) is 0 Å². The minimum Gasteiger partial charge on any atom is -0.456 e. The molecule has 1 N–H and O–H groups in total. The third kappa shape index (κ3) is 5.24. The van der Waals surface area contributed by atoms with Crippen molar-refractivity contribution < 1.29 is 4.42 Å². The molecular weight excluding hydrogens is 641 g/mol. The number of hydrogen-bond donors (Lipinski definition) is 1. The van der Waals surface area contributed by atoms with Gasteiger partial charge in [-0.2, -0.15) is 10.5 Å². The Labute approximate surface area is 299 Å². The fraction of sp³-hybridized carbons (Fsp3) is 0.0889. The van der Waals surface area contributed by atoms with E-state index in [1.54, 1.807) is 18.5 Å².